The molecule has 0 atom stereocenters. The molecule has 0 unspecified atom stereocenters. The Morgan fingerprint density at radius 3 is 2.53 bits per heavy atom. The second-order valence-corrected chi connectivity index (χ2v) is 4.87. The SMILES string of the molecule is CCC(=O)N1CCC(c2ccccc2C)CC1. The van der Waals surface area contributed by atoms with Crippen molar-refractivity contribution in [1.82, 2.24) is 4.90 Å². The Kier molecular flexibility index (Phi) is 3.82. The van der Waals surface area contributed by atoms with Crippen molar-refractivity contribution in [2.45, 2.75) is 39.0 Å². The van der Waals surface area contributed by atoms with E-state index in [4.69, 9.17) is 0 Å². The van der Waals surface area contributed by atoms with Crippen LogP contribution >= 0.6 is 0 Å². The van der Waals surface area contributed by atoms with Gasteiger partial charge in [-0.1, -0.05) is 31.2 Å². The second kappa shape index (κ2) is 5.35. The van der Waals surface area contributed by atoms with E-state index in [0.29, 0.717) is 18.2 Å². The van der Waals surface area contributed by atoms with E-state index in [-0.39, 0.29) is 0 Å². The van der Waals surface area contributed by atoms with Crippen molar-refractivity contribution in [3.63, 3.8) is 0 Å². The van der Waals surface area contributed by atoms with Gasteiger partial charge in [0.15, 0.2) is 0 Å². The van der Waals surface area contributed by atoms with Crippen LogP contribution in [0, 0.1) is 6.92 Å². The summed E-state index contributed by atoms with van der Waals surface area (Å²) in [7, 11) is 0. The highest BCUT2D eigenvalue weighted by molar-refractivity contribution is 5.75. The first-order chi connectivity index (χ1) is 8.22. The van der Waals surface area contributed by atoms with Gasteiger partial charge in [0.25, 0.3) is 0 Å². The fourth-order valence-electron chi connectivity index (χ4n) is 2.71. The summed E-state index contributed by atoms with van der Waals surface area (Å²) in [5, 5.41) is 0. The molecule has 0 spiro atoms. The molecular formula is C15H21NO. The van der Waals surface area contributed by atoms with Crippen molar-refractivity contribution in [2.75, 3.05) is 13.1 Å². The van der Waals surface area contributed by atoms with E-state index in [9.17, 15) is 4.79 Å². The van der Waals surface area contributed by atoms with Crippen molar-refractivity contribution < 1.29 is 4.79 Å². The van der Waals surface area contributed by atoms with Crippen molar-refractivity contribution >= 4 is 5.91 Å². The molecule has 0 radical (unpaired) electrons. The Labute approximate surface area is 104 Å². The number of rotatable bonds is 2. The predicted octanol–water partition coefficient (Wildman–Crippen LogP) is 3.11. The number of benzene rings is 1. The summed E-state index contributed by atoms with van der Waals surface area (Å²) in [6.07, 6.45) is 2.85. The van der Waals surface area contributed by atoms with Crippen LogP contribution in [-0.4, -0.2) is 23.9 Å². The average Bonchev–Trinajstić information content (AvgIpc) is 2.39. The van der Waals surface area contributed by atoms with Crippen LogP contribution in [0.1, 0.15) is 43.2 Å². The van der Waals surface area contributed by atoms with Gasteiger partial charge in [-0.25, -0.2) is 0 Å². The Bertz CT molecular complexity index is 392. The van der Waals surface area contributed by atoms with E-state index < -0.39 is 0 Å². The number of aryl methyl sites for hydroxylation is 1. The fourth-order valence-corrected chi connectivity index (χ4v) is 2.71. The number of carbonyl (C=O) groups is 1. The quantitative estimate of drug-likeness (QED) is 0.766. The molecule has 2 heteroatoms. The van der Waals surface area contributed by atoms with Gasteiger partial charge in [-0.15, -0.1) is 0 Å². The summed E-state index contributed by atoms with van der Waals surface area (Å²) in [6, 6.07) is 8.62. The molecule has 1 heterocycles. The number of carbonyl (C=O) groups excluding carboxylic acids is 1. The van der Waals surface area contributed by atoms with Gasteiger partial charge in [-0.05, 0) is 36.8 Å². The largest absolute Gasteiger partial charge is 0.343 e. The lowest BCUT2D eigenvalue weighted by atomic mass is 9.87. The molecule has 17 heavy (non-hydrogen) atoms. The van der Waals surface area contributed by atoms with E-state index in [1.165, 1.54) is 11.1 Å². The zero-order valence-electron chi connectivity index (χ0n) is 10.8. The first kappa shape index (κ1) is 12.2. The lowest BCUT2D eigenvalue weighted by molar-refractivity contribution is -0.131. The third-order valence-electron chi connectivity index (χ3n) is 3.78. The second-order valence-electron chi connectivity index (χ2n) is 4.87. The number of nitrogens with zero attached hydrogens (tertiary/aromatic N) is 1. The van der Waals surface area contributed by atoms with Gasteiger partial charge in [-0.3, -0.25) is 4.79 Å². The van der Waals surface area contributed by atoms with Crippen molar-refractivity contribution in [2.24, 2.45) is 0 Å². The van der Waals surface area contributed by atoms with Crippen LogP contribution in [0.5, 0.6) is 0 Å². The smallest absolute Gasteiger partial charge is 0.222 e. The molecule has 1 aliphatic heterocycles. The molecule has 1 saturated heterocycles. The first-order valence-corrected chi connectivity index (χ1v) is 6.55. The molecule has 2 rings (SSSR count). The van der Waals surface area contributed by atoms with Gasteiger partial charge < -0.3 is 4.90 Å². The molecular weight excluding hydrogens is 210 g/mol. The molecule has 1 aromatic carbocycles. The maximum atomic E-state index is 11.6. The molecule has 1 aliphatic rings. The molecule has 0 aliphatic carbocycles. The highest BCUT2D eigenvalue weighted by Gasteiger charge is 2.23. The minimum Gasteiger partial charge on any atom is -0.343 e. The maximum Gasteiger partial charge on any atom is 0.222 e. The van der Waals surface area contributed by atoms with Crippen LogP contribution in [0.2, 0.25) is 0 Å². The minimum atomic E-state index is 0.299. The van der Waals surface area contributed by atoms with Crippen LogP contribution in [0.3, 0.4) is 0 Å². The molecule has 2 nitrogen and oxygen atoms in total. The lowest BCUT2D eigenvalue weighted by Gasteiger charge is -2.32. The molecule has 0 saturated carbocycles. The number of likely N-dealkylation sites (tertiary alicyclic amines) is 1. The molecule has 0 aromatic heterocycles. The Morgan fingerprint density at radius 2 is 1.94 bits per heavy atom. The lowest BCUT2D eigenvalue weighted by Crippen LogP contribution is -2.37. The molecule has 1 amide bonds. The summed E-state index contributed by atoms with van der Waals surface area (Å²) in [4.78, 5) is 13.6. The number of piperidine rings is 1. The third-order valence-corrected chi connectivity index (χ3v) is 3.78. The molecule has 0 bridgehead atoms. The number of amides is 1. The van der Waals surface area contributed by atoms with E-state index in [1.807, 2.05) is 11.8 Å². The molecule has 1 aromatic rings. The molecule has 0 N–H and O–H groups in total. The summed E-state index contributed by atoms with van der Waals surface area (Å²) >= 11 is 0. The van der Waals surface area contributed by atoms with Gasteiger partial charge in [0.1, 0.15) is 0 Å². The monoisotopic (exact) mass is 231 g/mol. The van der Waals surface area contributed by atoms with E-state index in [2.05, 4.69) is 31.2 Å². The highest BCUT2D eigenvalue weighted by atomic mass is 16.2. The third kappa shape index (κ3) is 2.68. The van der Waals surface area contributed by atoms with Gasteiger partial charge in [-0.2, -0.15) is 0 Å². The standard InChI is InChI=1S/C15H21NO/c1-3-15(17)16-10-8-13(9-11-16)14-7-5-4-6-12(14)2/h4-7,13H,3,8-11H2,1-2H3. The van der Waals surface area contributed by atoms with Gasteiger partial charge in [0, 0.05) is 19.5 Å². The van der Waals surface area contributed by atoms with Gasteiger partial charge >= 0.3 is 0 Å². The molecule has 92 valence electrons. The number of hydrogen-bond acceptors (Lipinski definition) is 1. The zero-order chi connectivity index (χ0) is 12.3. The van der Waals surface area contributed by atoms with E-state index in [0.717, 1.165) is 25.9 Å². The predicted molar refractivity (Wildman–Crippen MR) is 70.0 cm³/mol. The first-order valence-electron chi connectivity index (χ1n) is 6.55. The summed E-state index contributed by atoms with van der Waals surface area (Å²) in [6.45, 7) is 5.96. The Morgan fingerprint density at radius 1 is 1.29 bits per heavy atom. The van der Waals surface area contributed by atoms with Crippen molar-refractivity contribution in [3.8, 4) is 0 Å². The van der Waals surface area contributed by atoms with Crippen LogP contribution in [0.15, 0.2) is 24.3 Å². The average molecular weight is 231 g/mol. The minimum absolute atomic E-state index is 0.299. The number of hydrogen-bond donors (Lipinski definition) is 0. The van der Waals surface area contributed by atoms with Crippen LogP contribution in [0.4, 0.5) is 0 Å². The molecule has 1 fully saturated rings. The fraction of sp³-hybridized carbons (Fsp3) is 0.533. The normalized spacial score (nSPS) is 17.2. The van der Waals surface area contributed by atoms with Crippen LogP contribution in [0.25, 0.3) is 0 Å². The Hall–Kier alpha value is -1.31. The zero-order valence-corrected chi connectivity index (χ0v) is 10.8. The van der Waals surface area contributed by atoms with Crippen molar-refractivity contribution in [1.29, 1.82) is 0 Å². The highest BCUT2D eigenvalue weighted by Crippen LogP contribution is 2.30. The van der Waals surface area contributed by atoms with Crippen LogP contribution < -0.4 is 0 Å². The van der Waals surface area contributed by atoms with E-state index >= 15 is 0 Å². The summed E-state index contributed by atoms with van der Waals surface area (Å²) < 4.78 is 0. The summed E-state index contributed by atoms with van der Waals surface area (Å²) in [5.41, 5.74) is 2.85. The van der Waals surface area contributed by atoms with E-state index in [1.54, 1.807) is 0 Å². The topological polar surface area (TPSA) is 20.3 Å². The van der Waals surface area contributed by atoms with Crippen LogP contribution in [-0.2, 0) is 4.79 Å². The summed E-state index contributed by atoms with van der Waals surface area (Å²) in [5.74, 6) is 0.935. The van der Waals surface area contributed by atoms with Crippen molar-refractivity contribution in [3.05, 3.63) is 35.4 Å². The Balaban J connectivity index is 2.00. The van der Waals surface area contributed by atoms with Gasteiger partial charge in [0.2, 0.25) is 5.91 Å². The van der Waals surface area contributed by atoms with Gasteiger partial charge in [0.05, 0.1) is 0 Å². The maximum absolute atomic E-state index is 11.6.